The molecule has 7 aliphatic heterocycles. The highest BCUT2D eigenvalue weighted by molar-refractivity contribution is 6.62. The fourth-order valence-corrected chi connectivity index (χ4v) is 24.2. The van der Waals surface area contributed by atoms with Crippen LogP contribution in [-0.4, -0.2) is 216 Å². The van der Waals surface area contributed by atoms with E-state index in [4.69, 9.17) is 73.5 Å². The van der Waals surface area contributed by atoms with E-state index in [-0.39, 0.29) is 153 Å². The summed E-state index contributed by atoms with van der Waals surface area (Å²) in [6.45, 7) is 26.6. The minimum atomic E-state index is -0.924. The van der Waals surface area contributed by atoms with Crippen molar-refractivity contribution >= 4 is 110 Å². The normalized spacial score (nSPS) is 31.4. The first-order chi connectivity index (χ1) is 66.3. The summed E-state index contributed by atoms with van der Waals surface area (Å²) in [6.07, 6.45) is 14.7. The number of esters is 6. The van der Waals surface area contributed by atoms with E-state index in [1.807, 2.05) is 102 Å². The van der Waals surface area contributed by atoms with E-state index < -0.39 is 107 Å². The van der Waals surface area contributed by atoms with Gasteiger partial charge in [-0.1, -0.05) is 119 Å². The lowest BCUT2D eigenvalue weighted by Crippen LogP contribution is -2.48. The maximum absolute atomic E-state index is 14.4. The topological polar surface area (TPSA) is 390 Å². The van der Waals surface area contributed by atoms with Crippen molar-refractivity contribution in [3.05, 3.63) is 90.7 Å². The van der Waals surface area contributed by atoms with Gasteiger partial charge in [0.1, 0.15) is 60.5 Å². The van der Waals surface area contributed by atoms with Crippen molar-refractivity contribution in [1.29, 1.82) is 0 Å². The first-order valence-electron chi connectivity index (χ1n) is 50.9. The Morgan fingerprint density at radius 1 is 0.400 bits per heavy atom. The van der Waals surface area contributed by atoms with E-state index in [9.17, 15) is 62.6 Å². The molecule has 0 spiro atoms. The highest BCUT2D eigenvalue weighted by Crippen LogP contribution is 2.61. The second-order valence-electron chi connectivity index (χ2n) is 46.0. The van der Waals surface area contributed by atoms with Crippen molar-refractivity contribution in [1.82, 2.24) is 43.4 Å². The molecule has 6 aromatic rings. The number of phenols is 1. The maximum Gasteiger partial charge on any atom is 0.494 e. The number of ether oxygens (including phenoxy) is 9. The fraction of sp³-hybridized carbons (Fsp3) is 0.686. The van der Waals surface area contributed by atoms with E-state index in [0.717, 1.165) is 102 Å². The summed E-state index contributed by atoms with van der Waals surface area (Å²) in [4.78, 5) is 182. The number of nitrogens with zero attached hydrogens (tertiary/aromatic N) is 9. The Morgan fingerprint density at radius 2 is 0.714 bits per heavy atom. The average Bonchev–Trinajstić information content (AvgIpc) is 1.66. The maximum atomic E-state index is 14.4. The molecule has 6 bridgehead atoms. The van der Waals surface area contributed by atoms with E-state index in [1.54, 1.807) is 39.5 Å². The van der Waals surface area contributed by atoms with Crippen LogP contribution >= 0.6 is 11.6 Å². The molecule has 758 valence electrons. The Labute approximate surface area is 821 Å². The number of carbonyl (C=O) groups excluding carboxylic acids is 9. The van der Waals surface area contributed by atoms with Crippen LogP contribution in [0.3, 0.4) is 0 Å². The van der Waals surface area contributed by atoms with Gasteiger partial charge in [-0.3, -0.25) is 56.9 Å². The summed E-state index contributed by atoms with van der Waals surface area (Å²) in [5, 5.41) is 11.8. The van der Waals surface area contributed by atoms with Crippen LogP contribution < -0.4 is 36.4 Å². The van der Waals surface area contributed by atoms with Crippen molar-refractivity contribution in [3.8, 4) is 23.8 Å². The molecule has 21 atom stereocenters. The number of hydrogen-bond acceptors (Lipinski definition) is 27. The summed E-state index contributed by atoms with van der Waals surface area (Å²) in [7, 11) is 3.22. The number of rotatable bonds is 4. The summed E-state index contributed by atoms with van der Waals surface area (Å²) in [5.41, 5.74) is -1.64. The van der Waals surface area contributed by atoms with E-state index in [1.165, 1.54) is 72.0 Å². The second-order valence-corrected chi connectivity index (χ2v) is 46.4. The van der Waals surface area contributed by atoms with Crippen molar-refractivity contribution < 1.29 is 100 Å². The lowest BCUT2D eigenvalue weighted by atomic mass is 9.77. The van der Waals surface area contributed by atoms with Crippen LogP contribution in [-0.2, 0) is 101 Å². The third-order valence-electron chi connectivity index (χ3n) is 33.0. The summed E-state index contributed by atoms with van der Waals surface area (Å²) in [6, 6.07) is 12.5. The zero-order valence-electron chi connectivity index (χ0n) is 83.9. The first-order valence-corrected chi connectivity index (χ1v) is 51.3. The molecule has 140 heavy (non-hydrogen) atoms. The number of phenolic OH excluding ortho intramolecular Hbond substituents is 1. The molecule has 10 fully saturated rings. The zero-order valence-corrected chi connectivity index (χ0v) is 84.6. The molecule has 0 unspecified atom stereocenters. The van der Waals surface area contributed by atoms with E-state index >= 15 is 0 Å². The molecule has 3 aromatic heterocycles. The number of halogens is 1. The minimum Gasteiger partial charge on any atom is -0.508 e. The molecule has 6 aliphatic carbocycles. The number of benzene rings is 3. The molecule has 6 saturated carbocycles. The number of hydrogen-bond donors (Lipinski definition) is 1. The van der Waals surface area contributed by atoms with Crippen LogP contribution in [0.25, 0.3) is 32.7 Å². The Balaban J connectivity index is 0.000000146. The van der Waals surface area contributed by atoms with Gasteiger partial charge in [-0.15, -0.1) is 0 Å². The van der Waals surface area contributed by atoms with Crippen molar-refractivity contribution in [2.45, 2.75) is 330 Å². The Kier molecular flexibility index (Phi) is 29.1. The van der Waals surface area contributed by atoms with Crippen LogP contribution in [0.5, 0.6) is 23.8 Å². The van der Waals surface area contributed by atoms with Gasteiger partial charge in [-0.2, -0.15) is 15.0 Å². The number of carbonyl (C=O) groups is 9. The number of fused-ring (bicyclic) bond motifs is 21. The third-order valence-corrected chi connectivity index (χ3v) is 33.2. The number of amides is 3. The molecule has 33 nitrogen and oxygen atoms in total. The van der Waals surface area contributed by atoms with E-state index in [0.29, 0.717) is 111 Å². The predicted molar refractivity (Wildman–Crippen MR) is 517 cm³/mol. The highest BCUT2D eigenvalue weighted by atomic mass is 35.5. The SMILES string of the molecule is COC(=O)[C@@H]1C[C@@H]2CN1C(=O)[C@H](C(C)(C)C)CC(=O)O[C@@H]1C[C@@H]3C[C@@H]3[C@H]1CCCCCn1c(nc3cc(B4OC(C)(C)C(C)(C)O4)ccc3c1=O)O2.COC(=O)[C@@H]1C[C@@H]2CN1C(=O)[C@H](C(C)(C)C)CC(=O)O[C@@H]1C[C@@H]3C[C@@H]3[C@H]1CCCCCn1c(nc3cc(Cl)ccc3c1=O)O2.COC(=O)[C@@H]1C[C@@H]2CN1C(=O)[C@H](C(C)(C)C)CC(=O)O[C@@H]1C[C@@H]3C[C@@H]3[C@H]1CCCCCn1c(nc3cc(O)ccc3c1=O)O2. The molecule has 4 saturated heterocycles. The van der Waals surface area contributed by atoms with Gasteiger partial charge in [-0.05, 0) is 222 Å². The van der Waals surface area contributed by atoms with Gasteiger partial charge in [0, 0.05) is 50.0 Å². The van der Waals surface area contributed by atoms with Gasteiger partial charge in [0.25, 0.3) is 34.7 Å². The molecule has 3 amide bonds. The average molecular weight is 1960 g/mol. The minimum absolute atomic E-state index is 0.0206. The van der Waals surface area contributed by atoms with Gasteiger partial charge in [-0.25, -0.2) is 14.4 Å². The van der Waals surface area contributed by atoms with Gasteiger partial charge in [0.15, 0.2) is 0 Å². The standard InChI is InChI=1S/C39H54BN3O9.C33H42ClN3O7.C33H43N3O8/c1-37(2,3)28-20-32(44)50-31-17-22-16-27(22)25(31)12-10-9-11-15-42-33(45)26-14-13-23(40-51-38(4,5)39(6,7)52-40)18-29(26)41-36(42)49-24-19-30(35(47)48-8)43(21-24)34(28)46;1-33(2,3)24-16-28(38)44-27-13-18-12-23(18)21(27)8-6-5-7-11-36-29(39)22-10-9-19(34)14-25(22)35-32(36)43-20-15-26(31(41)42-4)37(17-20)30(24)40;1-33(2,3)24-16-28(38)44-27-13-18-12-23(18)21(27)8-6-5-7-11-35-29(39)22-10-9-19(37)14-25(22)34-32(35)43-20-15-26(31(41)42-4)36(17-20)30(24)40/h13-14,18,22,24-25,27-28,30-31H,9-12,15-17,19-21H2,1-8H3;9-10,14,18,20-21,23-24,26-27H,5-8,11-13,15-17H2,1-4H3;9-10,14,18,20-21,23-24,26-27,37H,5-8,11-13,15-17H2,1-4H3/t22-,24+,25+,27-,28+,30-,31+;2*18-,20+,21+,23-,24+,26-,27+/m000/s1. The lowest BCUT2D eigenvalue weighted by molar-refractivity contribution is -0.160. The summed E-state index contributed by atoms with van der Waals surface area (Å²) >= 11 is 6.23. The zero-order chi connectivity index (χ0) is 100.0. The molecule has 13 aliphatic rings. The molecular formula is C105H139BClN9O24. The predicted octanol–water partition coefficient (Wildman–Crippen LogP) is 13.0. The van der Waals surface area contributed by atoms with Gasteiger partial charge in [0.05, 0.1) is 122 Å². The number of aromatic hydroxyl groups is 1. The lowest BCUT2D eigenvalue weighted by Gasteiger charge is -2.34. The van der Waals surface area contributed by atoms with Crippen molar-refractivity contribution in [2.24, 2.45) is 87.3 Å². The molecule has 0 radical (unpaired) electrons. The van der Waals surface area contributed by atoms with Gasteiger partial charge in [0.2, 0.25) is 17.7 Å². The van der Waals surface area contributed by atoms with E-state index in [2.05, 4.69) is 4.98 Å². The Bertz CT molecular complexity index is 5720. The fourth-order valence-electron chi connectivity index (χ4n) is 24.0. The first kappa shape index (κ1) is 101. The molecule has 19 rings (SSSR count). The second kappa shape index (κ2) is 40.2. The number of aromatic nitrogens is 6. The number of methoxy groups -OCH3 is 3. The molecule has 1 N–H and O–H groups in total. The molecule has 35 heteroatoms. The van der Waals surface area contributed by atoms with Crippen LogP contribution in [0.4, 0.5) is 0 Å². The summed E-state index contributed by atoms with van der Waals surface area (Å²) < 4.78 is 70.1. The third kappa shape index (κ3) is 21.4. The molecule has 3 aromatic carbocycles. The highest BCUT2D eigenvalue weighted by Gasteiger charge is 2.60. The quantitative estimate of drug-likeness (QED) is 0.0973. The monoisotopic (exact) mass is 1960 g/mol. The largest absolute Gasteiger partial charge is 0.508 e. The van der Waals surface area contributed by atoms with Gasteiger partial charge < -0.3 is 71.7 Å². The smallest absolute Gasteiger partial charge is 0.494 e. The van der Waals surface area contributed by atoms with Crippen molar-refractivity contribution in [2.75, 3.05) is 41.0 Å². The van der Waals surface area contributed by atoms with Crippen LogP contribution in [0, 0.1) is 87.3 Å². The van der Waals surface area contributed by atoms with Crippen LogP contribution in [0.15, 0.2) is 69.0 Å². The van der Waals surface area contributed by atoms with Crippen LogP contribution in [0.1, 0.15) is 244 Å². The molecule has 10 heterocycles. The van der Waals surface area contributed by atoms with Crippen LogP contribution in [0.2, 0.25) is 5.02 Å². The Hall–Kier alpha value is -10.2. The molecular weight excluding hydrogens is 1820 g/mol. The summed E-state index contributed by atoms with van der Waals surface area (Å²) in [5.74, 6) is -1.44. The van der Waals surface area contributed by atoms with Gasteiger partial charge >= 0.3 is 42.9 Å². The van der Waals surface area contributed by atoms with Crippen molar-refractivity contribution in [3.63, 3.8) is 0 Å². The Morgan fingerprint density at radius 3 is 1.04 bits per heavy atom.